The smallest absolute Gasteiger partial charge is 0.328 e. The molecule has 114 valence electrons. The topological polar surface area (TPSA) is 112 Å². The molecule has 0 aromatic heterocycles. The van der Waals surface area contributed by atoms with Crippen LogP contribution in [0.4, 0.5) is 0 Å². The van der Waals surface area contributed by atoms with Crippen LogP contribution in [0.15, 0.2) is 36.4 Å². The zero-order valence-electron chi connectivity index (χ0n) is 11.4. The van der Waals surface area contributed by atoms with E-state index >= 15 is 0 Å². The van der Waals surface area contributed by atoms with Gasteiger partial charge in [-0.25, -0.2) is 4.79 Å². The Bertz CT molecular complexity index is 462. The minimum atomic E-state index is -0.922. The number of carboxylic acid groups (broad SMARTS) is 3. The molecular formula is C15H18O6. The number of benzene rings is 1. The van der Waals surface area contributed by atoms with Gasteiger partial charge in [-0.05, 0) is 24.5 Å². The monoisotopic (exact) mass is 294 g/mol. The zero-order chi connectivity index (χ0) is 16.1. The molecule has 0 aliphatic heterocycles. The van der Waals surface area contributed by atoms with Crippen molar-refractivity contribution in [1.29, 1.82) is 0 Å². The van der Waals surface area contributed by atoms with Gasteiger partial charge in [0.15, 0.2) is 0 Å². The second-order valence-electron chi connectivity index (χ2n) is 4.08. The lowest BCUT2D eigenvalue weighted by molar-refractivity contribution is -0.139. The Labute approximate surface area is 122 Å². The van der Waals surface area contributed by atoms with Crippen LogP contribution in [0.3, 0.4) is 0 Å². The van der Waals surface area contributed by atoms with Crippen LogP contribution in [-0.4, -0.2) is 33.2 Å². The third-order valence-corrected chi connectivity index (χ3v) is 2.25. The highest BCUT2D eigenvalue weighted by Gasteiger charge is 1.99. The van der Waals surface area contributed by atoms with Gasteiger partial charge in [0.2, 0.25) is 0 Å². The number of rotatable bonds is 7. The van der Waals surface area contributed by atoms with Crippen LogP contribution in [0.5, 0.6) is 0 Å². The maximum Gasteiger partial charge on any atom is 0.328 e. The van der Waals surface area contributed by atoms with E-state index in [9.17, 15) is 14.4 Å². The first-order chi connectivity index (χ1) is 9.91. The van der Waals surface area contributed by atoms with E-state index in [1.54, 1.807) is 6.08 Å². The Balaban J connectivity index is 0.000000384. The molecule has 0 saturated heterocycles. The zero-order valence-corrected chi connectivity index (χ0v) is 11.4. The van der Waals surface area contributed by atoms with Crippen LogP contribution in [0.25, 0.3) is 6.08 Å². The van der Waals surface area contributed by atoms with Crippen LogP contribution in [0.2, 0.25) is 0 Å². The van der Waals surface area contributed by atoms with Gasteiger partial charge in [-0.1, -0.05) is 30.3 Å². The lowest BCUT2D eigenvalue weighted by Crippen LogP contribution is -1.97. The Kier molecular flexibility index (Phi) is 9.81. The molecule has 0 bridgehead atoms. The molecule has 0 atom stereocenters. The molecule has 0 heterocycles. The fraction of sp³-hybridized carbons (Fsp3) is 0.267. The van der Waals surface area contributed by atoms with Crippen LogP contribution in [-0.2, 0) is 14.4 Å². The van der Waals surface area contributed by atoms with Crippen molar-refractivity contribution in [2.45, 2.75) is 25.7 Å². The summed E-state index contributed by atoms with van der Waals surface area (Å²) in [6.07, 6.45) is 3.70. The summed E-state index contributed by atoms with van der Waals surface area (Å²) in [4.78, 5) is 29.9. The highest BCUT2D eigenvalue weighted by Crippen LogP contribution is 2.00. The first kappa shape index (κ1) is 18.4. The summed E-state index contributed by atoms with van der Waals surface area (Å²) in [7, 11) is 0. The quantitative estimate of drug-likeness (QED) is 0.526. The van der Waals surface area contributed by atoms with Gasteiger partial charge in [-0.2, -0.15) is 0 Å². The Morgan fingerprint density at radius 3 is 1.71 bits per heavy atom. The Morgan fingerprint density at radius 1 is 0.857 bits per heavy atom. The van der Waals surface area contributed by atoms with E-state index in [1.165, 1.54) is 0 Å². The molecule has 0 aliphatic carbocycles. The normalized spacial score (nSPS) is 9.71. The van der Waals surface area contributed by atoms with E-state index in [1.807, 2.05) is 30.3 Å². The van der Waals surface area contributed by atoms with Crippen molar-refractivity contribution in [3.63, 3.8) is 0 Å². The molecule has 0 saturated carbocycles. The molecule has 3 N–H and O–H groups in total. The van der Waals surface area contributed by atoms with Crippen molar-refractivity contribution >= 4 is 24.0 Å². The number of aliphatic carboxylic acids is 3. The third-order valence-electron chi connectivity index (χ3n) is 2.25. The summed E-state index contributed by atoms with van der Waals surface area (Å²) in [5.74, 6) is -2.66. The first-order valence-corrected chi connectivity index (χ1v) is 6.31. The number of hydrogen-bond acceptors (Lipinski definition) is 3. The lowest BCUT2D eigenvalue weighted by Gasteiger charge is -1.92. The predicted molar refractivity (Wildman–Crippen MR) is 76.9 cm³/mol. The maximum atomic E-state index is 10.1. The van der Waals surface area contributed by atoms with Gasteiger partial charge in [0, 0.05) is 18.9 Å². The van der Waals surface area contributed by atoms with E-state index in [-0.39, 0.29) is 12.8 Å². The highest BCUT2D eigenvalue weighted by atomic mass is 16.4. The molecule has 1 aromatic carbocycles. The SMILES string of the molecule is O=C(O)C=Cc1ccccc1.O=C(O)CCCCC(=O)O. The molecule has 0 fully saturated rings. The summed E-state index contributed by atoms with van der Waals surface area (Å²) in [5, 5.41) is 24.6. The van der Waals surface area contributed by atoms with Gasteiger partial charge in [0.1, 0.15) is 0 Å². The van der Waals surface area contributed by atoms with Crippen molar-refractivity contribution in [2.24, 2.45) is 0 Å². The molecule has 0 aliphatic rings. The largest absolute Gasteiger partial charge is 0.481 e. The van der Waals surface area contributed by atoms with Gasteiger partial charge in [-0.15, -0.1) is 0 Å². The van der Waals surface area contributed by atoms with E-state index < -0.39 is 17.9 Å². The van der Waals surface area contributed by atoms with Gasteiger partial charge in [-0.3, -0.25) is 9.59 Å². The van der Waals surface area contributed by atoms with Gasteiger partial charge >= 0.3 is 17.9 Å². The van der Waals surface area contributed by atoms with Crippen LogP contribution in [0, 0.1) is 0 Å². The van der Waals surface area contributed by atoms with E-state index in [4.69, 9.17) is 15.3 Å². The number of unbranched alkanes of at least 4 members (excludes halogenated alkanes) is 1. The molecule has 6 heteroatoms. The van der Waals surface area contributed by atoms with Crippen molar-refractivity contribution in [2.75, 3.05) is 0 Å². The standard InChI is InChI=1S/C9H8O2.C6H10O4/c10-9(11)7-6-8-4-2-1-3-5-8;7-5(8)3-1-2-4-6(9)10/h1-7H,(H,10,11);1-4H2,(H,7,8)(H,9,10). The summed E-state index contributed by atoms with van der Waals surface area (Å²) >= 11 is 0. The predicted octanol–water partition coefficient (Wildman–Crippen LogP) is 2.50. The average molecular weight is 294 g/mol. The second-order valence-corrected chi connectivity index (χ2v) is 4.08. The van der Waals surface area contributed by atoms with Crippen molar-refractivity contribution in [1.82, 2.24) is 0 Å². The minimum absolute atomic E-state index is 0.0628. The fourth-order valence-electron chi connectivity index (χ4n) is 1.28. The molecule has 1 aromatic rings. The average Bonchev–Trinajstić information content (AvgIpc) is 2.43. The Morgan fingerprint density at radius 2 is 1.33 bits per heavy atom. The summed E-state index contributed by atoms with van der Waals surface area (Å²) in [6.45, 7) is 0. The van der Waals surface area contributed by atoms with E-state index in [2.05, 4.69) is 0 Å². The second kappa shape index (κ2) is 11.2. The number of carbonyl (C=O) groups is 3. The summed E-state index contributed by atoms with van der Waals surface area (Å²) in [5.41, 5.74) is 0.898. The van der Waals surface area contributed by atoms with Gasteiger partial charge in [0.05, 0.1) is 0 Å². The van der Waals surface area contributed by atoms with Crippen molar-refractivity contribution in [3.05, 3.63) is 42.0 Å². The van der Waals surface area contributed by atoms with Crippen molar-refractivity contribution < 1.29 is 29.7 Å². The van der Waals surface area contributed by atoms with Crippen molar-refractivity contribution in [3.8, 4) is 0 Å². The molecule has 0 radical (unpaired) electrons. The molecule has 0 unspecified atom stereocenters. The highest BCUT2D eigenvalue weighted by molar-refractivity contribution is 5.85. The molecule has 0 amide bonds. The molecule has 21 heavy (non-hydrogen) atoms. The van der Waals surface area contributed by atoms with Crippen LogP contribution < -0.4 is 0 Å². The lowest BCUT2D eigenvalue weighted by atomic mass is 10.2. The van der Waals surface area contributed by atoms with E-state index in [0.29, 0.717) is 12.8 Å². The number of hydrogen-bond donors (Lipinski definition) is 3. The molecule has 6 nitrogen and oxygen atoms in total. The number of carboxylic acids is 3. The first-order valence-electron chi connectivity index (χ1n) is 6.31. The van der Waals surface area contributed by atoms with Gasteiger partial charge < -0.3 is 15.3 Å². The minimum Gasteiger partial charge on any atom is -0.481 e. The summed E-state index contributed by atoms with van der Waals surface area (Å²) in [6, 6.07) is 9.31. The fourth-order valence-corrected chi connectivity index (χ4v) is 1.28. The maximum absolute atomic E-state index is 10.1. The molecule has 1 rings (SSSR count). The summed E-state index contributed by atoms with van der Waals surface area (Å²) < 4.78 is 0. The molecular weight excluding hydrogens is 276 g/mol. The van der Waals surface area contributed by atoms with Crippen LogP contribution >= 0.6 is 0 Å². The third kappa shape index (κ3) is 13.6. The van der Waals surface area contributed by atoms with Gasteiger partial charge in [0.25, 0.3) is 0 Å². The molecule has 0 spiro atoms. The van der Waals surface area contributed by atoms with E-state index in [0.717, 1.165) is 11.6 Å². The van der Waals surface area contributed by atoms with Crippen LogP contribution in [0.1, 0.15) is 31.2 Å². The Hall–Kier alpha value is -2.63.